The molecule has 0 radical (unpaired) electrons. The smallest absolute Gasteiger partial charge is 0.422 e. The van der Waals surface area contributed by atoms with Gasteiger partial charge in [-0.1, -0.05) is 18.6 Å². The maximum Gasteiger partial charge on any atom is 0.422 e. The fourth-order valence-corrected chi connectivity index (χ4v) is 6.06. The molecule has 30 heavy (non-hydrogen) atoms. The molecule has 3 rings (SSSR count). The highest BCUT2D eigenvalue weighted by Crippen LogP contribution is 2.29. The van der Waals surface area contributed by atoms with Crippen LogP contribution in [0.4, 0.5) is 18.9 Å². The van der Waals surface area contributed by atoms with Crippen LogP contribution in [0, 0.1) is 0 Å². The number of sulfonamides is 1. The van der Waals surface area contributed by atoms with Gasteiger partial charge in [-0.05, 0) is 37.1 Å². The van der Waals surface area contributed by atoms with E-state index in [1.165, 1.54) is 28.6 Å². The highest BCUT2D eigenvalue weighted by molar-refractivity contribution is 7.91. The van der Waals surface area contributed by atoms with Gasteiger partial charge in [-0.15, -0.1) is 11.3 Å². The number of nitrogens with one attached hydrogen (secondary N) is 1. The van der Waals surface area contributed by atoms with E-state index in [2.05, 4.69) is 5.32 Å². The predicted octanol–water partition coefficient (Wildman–Crippen LogP) is 4.05. The molecule has 1 aromatic heterocycles. The topological polar surface area (TPSA) is 75.7 Å². The van der Waals surface area contributed by atoms with Crippen LogP contribution in [0.2, 0.25) is 0 Å². The third-order valence-electron chi connectivity index (χ3n) is 4.43. The van der Waals surface area contributed by atoms with Crippen LogP contribution in [-0.4, -0.2) is 44.5 Å². The Morgan fingerprint density at radius 2 is 1.80 bits per heavy atom. The summed E-state index contributed by atoms with van der Waals surface area (Å²) < 4.78 is 69.0. The zero-order valence-electron chi connectivity index (χ0n) is 15.9. The van der Waals surface area contributed by atoms with E-state index in [0.717, 1.165) is 30.6 Å². The molecule has 0 aliphatic carbocycles. The number of hydrogen-bond donors (Lipinski definition) is 1. The number of rotatable bonds is 7. The van der Waals surface area contributed by atoms with Crippen molar-refractivity contribution in [3.63, 3.8) is 0 Å². The van der Waals surface area contributed by atoms with E-state index in [-0.39, 0.29) is 22.1 Å². The number of thiophene rings is 1. The lowest BCUT2D eigenvalue weighted by Gasteiger charge is -2.25. The number of benzene rings is 1. The molecule has 0 spiro atoms. The minimum atomic E-state index is -4.50. The first-order chi connectivity index (χ1) is 14.1. The summed E-state index contributed by atoms with van der Waals surface area (Å²) in [6, 6.07) is 8.88. The second kappa shape index (κ2) is 9.36. The average Bonchev–Trinajstić information content (AvgIpc) is 3.16. The standard InChI is InChI=1S/C19H21F3N2O4S2/c20-19(21,22)13-28-16-7-3-2-6-15(16)23-17(25)12-14-8-9-18(29-14)30(26,27)24-10-4-1-5-11-24/h2-3,6-9H,1,4-5,10-13H2,(H,23,25). The van der Waals surface area contributed by atoms with Gasteiger partial charge in [-0.3, -0.25) is 4.79 Å². The fourth-order valence-electron chi connectivity index (χ4n) is 3.03. The van der Waals surface area contributed by atoms with Crippen molar-refractivity contribution >= 4 is 33.0 Å². The van der Waals surface area contributed by atoms with Gasteiger partial charge in [-0.2, -0.15) is 17.5 Å². The summed E-state index contributed by atoms with van der Waals surface area (Å²) in [4.78, 5) is 12.9. The van der Waals surface area contributed by atoms with Crippen LogP contribution in [-0.2, 0) is 21.2 Å². The SMILES string of the molecule is O=C(Cc1ccc(S(=O)(=O)N2CCCCC2)s1)Nc1ccccc1OCC(F)(F)F. The number of alkyl halides is 3. The van der Waals surface area contributed by atoms with Gasteiger partial charge in [0.25, 0.3) is 10.0 Å². The Kier molecular flexibility index (Phi) is 7.04. The van der Waals surface area contributed by atoms with Crippen molar-refractivity contribution in [2.24, 2.45) is 0 Å². The molecule has 0 unspecified atom stereocenters. The van der Waals surface area contributed by atoms with Gasteiger partial charge in [0.2, 0.25) is 5.91 Å². The molecule has 0 bridgehead atoms. The van der Waals surface area contributed by atoms with Gasteiger partial charge >= 0.3 is 6.18 Å². The molecule has 11 heteroatoms. The number of nitrogens with zero attached hydrogens (tertiary/aromatic N) is 1. The molecule has 1 aliphatic heterocycles. The number of ether oxygens (including phenoxy) is 1. The number of anilines is 1. The zero-order chi connectivity index (χ0) is 21.8. The second-order valence-corrected chi connectivity index (χ2v) is 10.1. The Bertz CT molecular complexity index is 984. The monoisotopic (exact) mass is 462 g/mol. The molecule has 2 aromatic rings. The van der Waals surface area contributed by atoms with Gasteiger partial charge in [0.05, 0.1) is 12.1 Å². The van der Waals surface area contributed by atoms with Crippen molar-refractivity contribution in [1.29, 1.82) is 0 Å². The van der Waals surface area contributed by atoms with E-state index < -0.39 is 28.7 Å². The maximum absolute atomic E-state index is 12.7. The van der Waals surface area contributed by atoms with E-state index in [1.807, 2.05) is 0 Å². The van der Waals surface area contributed by atoms with Crippen LogP contribution in [0.1, 0.15) is 24.1 Å². The molecule has 1 N–H and O–H groups in total. The second-order valence-electron chi connectivity index (χ2n) is 6.81. The quantitative estimate of drug-likeness (QED) is 0.674. The van der Waals surface area contributed by atoms with E-state index in [1.54, 1.807) is 12.1 Å². The summed E-state index contributed by atoms with van der Waals surface area (Å²) in [5.74, 6) is -0.579. The van der Waals surface area contributed by atoms with Crippen molar-refractivity contribution in [3.8, 4) is 5.75 Å². The maximum atomic E-state index is 12.7. The minimum Gasteiger partial charge on any atom is -0.482 e. The Morgan fingerprint density at radius 3 is 2.50 bits per heavy atom. The van der Waals surface area contributed by atoms with E-state index in [9.17, 15) is 26.4 Å². The summed E-state index contributed by atoms with van der Waals surface area (Å²) in [7, 11) is -3.57. The highest BCUT2D eigenvalue weighted by Gasteiger charge is 2.29. The molecule has 1 fully saturated rings. The number of piperidine rings is 1. The van der Waals surface area contributed by atoms with Crippen molar-refractivity contribution in [2.45, 2.75) is 36.1 Å². The Hall–Kier alpha value is -2.11. The van der Waals surface area contributed by atoms with Crippen molar-refractivity contribution in [3.05, 3.63) is 41.3 Å². The summed E-state index contributed by atoms with van der Waals surface area (Å²) >= 11 is 1.02. The largest absolute Gasteiger partial charge is 0.482 e. The van der Waals surface area contributed by atoms with Gasteiger partial charge < -0.3 is 10.1 Å². The Labute approximate surface area is 176 Å². The lowest BCUT2D eigenvalue weighted by atomic mass is 10.2. The van der Waals surface area contributed by atoms with Crippen molar-refractivity contribution in [2.75, 3.05) is 25.0 Å². The van der Waals surface area contributed by atoms with E-state index in [4.69, 9.17) is 4.74 Å². The minimum absolute atomic E-state index is 0.0947. The van der Waals surface area contributed by atoms with E-state index in [0.29, 0.717) is 18.0 Å². The first kappa shape index (κ1) is 22.6. The Morgan fingerprint density at radius 1 is 1.10 bits per heavy atom. The van der Waals surface area contributed by atoms with Crippen LogP contribution in [0.15, 0.2) is 40.6 Å². The lowest BCUT2D eigenvalue weighted by Crippen LogP contribution is -2.35. The van der Waals surface area contributed by atoms with E-state index >= 15 is 0 Å². The van der Waals surface area contributed by atoms with Gasteiger partial charge in [-0.25, -0.2) is 8.42 Å². The third-order valence-corrected chi connectivity index (χ3v) is 7.88. The average molecular weight is 463 g/mol. The molecule has 0 atom stereocenters. The normalized spacial score (nSPS) is 15.7. The number of carbonyl (C=O) groups is 1. The predicted molar refractivity (Wildman–Crippen MR) is 107 cm³/mol. The Balaban J connectivity index is 1.64. The molecular formula is C19H21F3N2O4S2. The first-order valence-corrected chi connectivity index (χ1v) is 11.6. The van der Waals surface area contributed by atoms with Crippen LogP contribution in [0.25, 0.3) is 0 Å². The molecule has 2 heterocycles. The summed E-state index contributed by atoms with van der Waals surface area (Å²) in [6.07, 6.45) is -1.93. The van der Waals surface area contributed by atoms with Crippen LogP contribution in [0.5, 0.6) is 5.75 Å². The number of halogens is 3. The van der Waals surface area contributed by atoms with Gasteiger partial charge in [0, 0.05) is 18.0 Å². The number of para-hydroxylation sites is 2. The summed E-state index contributed by atoms with van der Waals surface area (Å²) in [5, 5.41) is 2.52. The summed E-state index contributed by atoms with van der Waals surface area (Å²) in [5.41, 5.74) is 0.115. The molecule has 6 nitrogen and oxygen atoms in total. The van der Waals surface area contributed by atoms with Gasteiger partial charge in [0.1, 0.15) is 9.96 Å². The lowest BCUT2D eigenvalue weighted by molar-refractivity contribution is -0.153. The zero-order valence-corrected chi connectivity index (χ0v) is 17.6. The first-order valence-electron chi connectivity index (χ1n) is 9.32. The fraction of sp³-hybridized carbons (Fsp3) is 0.421. The molecule has 1 aliphatic rings. The van der Waals surface area contributed by atoms with Crippen LogP contribution in [0.3, 0.4) is 0 Å². The molecule has 0 saturated carbocycles. The molecule has 1 saturated heterocycles. The number of amides is 1. The van der Waals surface area contributed by atoms with Crippen LogP contribution >= 0.6 is 11.3 Å². The molecular weight excluding hydrogens is 441 g/mol. The molecule has 164 valence electrons. The third kappa shape index (κ3) is 5.96. The van der Waals surface area contributed by atoms with Crippen LogP contribution < -0.4 is 10.1 Å². The van der Waals surface area contributed by atoms with Crippen molar-refractivity contribution in [1.82, 2.24) is 4.31 Å². The number of hydrogen-bond acceptors (Lipinski definition) is 5. The van der Waals surface area contributed by atoms with Gasteiger partial charge in [0.15, 0.2) is 6.61 Å². The highest BCUT2D eigenvalue weighted by atomic mass is 32.2. The summed E-state index contributed by atoms with van der Waals surface area (Å²) in [6.45, 7) is -0.488. The number of carbonyl (C=O) groups excluding carboxylic acids is 1. The molecule has 1 aromatic carbocycles. The van der Waals surface area contributed by atoms with Crippen molar-refractivity contribution < 1.29 is 31.1 Å². The molecule has 1 amide bonds.